The average Bonchev–Trinajstić information content (AvgIpc) is 2.89. The fraction of sp³-hybridized carbons (Fsp3) is 0.727. The van der Waals surface area contributed by atoms with Gasteiger partial charge in [-0.05, 0) is 19.8 Å². The van der Waals surface area contributed by atoms with Crippen LogP contribution in [0.2, 0.25) is 0 Å². The first-order valence-corrected chi connectivity index (χ1v) is 5.97. The summed E-state index contributed by atoms with van der Waals surface area (Å²) in [7, 11) is 1.54. The predicted octanol–water partition coefficient (Wildman–Crippen LogP) is -0.550. The van der Waals surface area contributed by atoms with Gasteiger partial charge in [0, 0.05) is 20.1 Å². The van der Waals surface area contributed by atoms with Gasteiger partial charge in [-0.3, -0.25) is 9.59 Å². The van der Waals surface area contributed by atoms with Crippen molar-refractivity contribution in [2.75, 3.05) is 26.7 Å². The lowest BCUT2D eigenvalue weighted by atomic mass is 10.1. The number of carbonyl (C=O) groups is 2. The van der Waals surface area contributed by atoms with Crippen molar-refractivity contribution in [2.24, 2.45) is 16.8 Å². The smallest absolute Gasteiger partial charge is 0.242 e. The summed E-state index contributed by atoms with van der Waals surface area (Å²) in [6, 6.07) is 0. The van der Waals surface area contributed by atoms with Gasteiger partial charge < -0.3 is 20.7 Å². The predicted molar refractivity (Wildman–Crippen MR) is 66.0 cm³/mol. The van der Waals surface area contributed by atoms with Crippen LogP contribution in [0.3, 0.4) is 0 Å². The molecule has 18 heavy (non-hydrogen) atoms. The Bertz CT molecular complexity index is 350. The van der Waals surface area contributed by atoms with Gasteiger partial charge in [-0.2, -0.15) is 0 Å². The van der Waals surface area contributed by atoms with Gasteiger partial charge in [0.25, 0.3) is 0 Å². The molecule has 1 heterocycles. The Morgan fingerprint density at radius 3 is 2.50 bits per heavy atom. The summed E-state index contributed by atoms with van der Waals surface area (Å²) < 4.78 is 0. The fourth-order valence-electron chi connectivity index (χ4n) is 1.89. The van der Waals surface area contributed by atoms with E-state index >= 15 is 0 Å². The number of likely N-dealkylation sites (tertiary alicyclic amines) is 1. The molecule has 1 rings (SSSR count). The summed E-state index contributed by atoms with van der Waals surface area (Å²) in [4.78, 5) is 26.8. The molecule has 1 aliphatic rings. The molecule has 0 bridgehead atoms. The minimum Gasteiger partial charge on any atom is -0.409 e. The third kappa shape index (κ3) is 3.35. The van der Waals surface area contributed by atoms with Crippen molar-refractivity contribution in [1.29, 1.82) is 0 Å². The van der Waals surface area contributed by atoms with Crippen LogP contribution < -0.4 is 5.73 Å². The van der Waals surface area contributed by atoms with Gasteiger partial charge in [-0.25, -0.2) is 0 Å². The van der Waals surface area contributed by atoms with Crippen molar-refractivity contribution < 1.29 is 14.8 Å². The molecule has 0 aromatic rings. The number of hydrogen-bond donors (Lipinski definition) is 2. The topological polar surface area (TPSA) is 99.2 Å². The lowest BCUT2D eigenvalue weighted by molar-refractivity contribution is -0.139. The molecule has 0 aromatic carbocycles. The zero-order valence-electron chi connectivity index (χ0n) is 10.8. The van der Waals surface area contributed by atoms with Crippen LogP contribution >= 0.6 is 0 Å². The van der Waals surface area contributed by atoms with Gasteiger partial charge in [-0.1, -0.05) is 5.16 Å². The highest BCUT2D eigenvalue weighted by Crippen LogP contribution is 2.08. The van der Waals surface area contributed by atoms with Crippen LogP contribution in [0.1, 0.15) is 19.8 Å². The van der Waals surface area contributed by atoms with Gasteiger partial charge in [-0.15, -0.1) is 0 Å². The minimum absolute atomic E-state index is 0.0296. The van der Waals surface area contributed by atoms with Crippen LogP contribution in [0.4, 0.5) is 0 Å². The van der Waals surface area contributed by atoms with Crippen LogP contribution in [-0.4, -0.2) is 59.3 Å². The number of amidine groups is 1. The SMILES string of the molecule is CC(C(=O)N(C)CC(=O)N1CCCC1)C(N)=NO. The summed E-state index contributed by atoms with van der Waals surface area (Å²) >= 11 is 0. The van der Waals surface area contributed by atoms with Crippen molar-refractivity contribution in [3.05, 3.63) is 0 Å². The van der Waals surface area contributed by atoms with Crippen LogP contribution in [0.15, 0.2) is 5.16 Å². The Morgan fingerprint density at radius 2 is 2.00 bits per heavy atom. The zero-order valence-corrected chi connectivity index (χ0v) is 10.8. The summed E-state index contributed by atoms with van der Waals surface area (Å²) in [6.07, 6.45) is 2.04. The second kappa shape index (κ2) is 6.23. The summed E-state index contributed by atoms with van der Waals surface area (Å²) in [5.74, 6) is -1.28. The van der Waals surface area contributed by atoms with E-state index in [-0.39, 0.29) is 24.2 Å². The Kier molecular flexibility index (Phi) is 4.94. The van der Waals surface area contributed by atoms with Crippen LogP contribution in [0, 0.1) is 5.92 Å². The van der Waals surface area contributed by atoms with E-state index in [4.69, 9.17) is 10.9 Å². The lowest BCUT2D eigenvalue weighted by Gasteiger charge is -2.23. The molecule has 3 N–H and O–H groups in total. The van der Waals surface area contributed by atoms with Crippen LogP contribution in [-0.2, 0) is 9.59 Å². The number of carbonyl (C=O) groups excluding carboxylic acids is 2. The first-order valence-electron chi connectivity index (χ1n) is 5.97. The molecule has 1 aliphatic heterocycles. The summed E-state index contributed by atoms with van der Waals surface area (Å²) in [6.45, 7) is 3.09. The molecule has 1 atom stereocenters. The third-order valence-corrected chi connectivity index (χ3v) is 3.14. The van der Waals surface area contributed by atoms with E-state index in [0.29, 0.717) is 0 Å². The Hall–Kier alpha value is -1.79. The molecule has 7 nitrogen and oxygen atoms in total. The standard InChI is InChI=1S/C11H20N4O3/c1-8(10(12)13-18)11(17)14(2)7-9(16)15-5-3-4-6-15/h8,18H,3-7H2,1-2H3,(H2,12,13). The summed E-state index contributed by atoms with van der Waals surface area (Å²) in [5.41, 5.74) is 5.37. The second-order valence-electron chi connectivity index (χ2n) is 4.53. The van der Waals surface area contributed by atoms with E-state index in [2.05, 4.69) is 5.16 Å². The molecule has 2 amide bonds. The normalized spacial score (nSPS) is 17.7. The Balaban J connectivity index is 2.51. The van der Waals surface area contributed by atoms with Gasteiger partial charge in [0.1, 0.15) is 0 Å². The number of hydrogen-bond acceptors (Lipinski definition) is 4. The molecule has 102 valence electrons. The Labute approximate surface area is 106 Å². The van der Waals surface area contributed by atoms with Crippen LogP contribution in [0.5, 0.6) is 0 Å². The maximum Gasteiger partial charge on any atom is 0.242 e. The number of amides is 2. The highest BCUT2D eigenvalue weighted by molar-refractivity contribution is 6.02. The van der Waals surface area contributed by atoms with Crippen LogP contribution in [0.25, 0.3) is 0 Å². The average molecular weight is 256 g/mol. The largest absolute Gasteiger partial charge is 0.409 e. The molecule has 0 aliphatic carbocycles. The van der Waals surface area contributed by atoms with Gasteiger partial charge in [0.05, 0.1) is 12.5 Å². The van der Waals surface area contributed by atoms with Crippen molar-refractivity contribution in [3.63, 3.8) is 0 Å². The fourth-order valence-corrected chi connectivity index (χ4v) is 1.89. The molecule has 0 spiro atoms. The van der Waals surface area contributed by atoms with E-state index in [1.54, 1.807) is 4.90 Å². The monoisotopic (exact) mass is 256 g/mol. The van der Waals surface area contributed by atoms with E-state index < -0.39 is 5.92 Å². The number of nitrogens with two attached hydrogens (primary N) is 1. The number of likely N-dealkylation sites (N-methyl/N-ethyl adjacent to an activating group) is 1. The number of rotatable bonds is 4. The van der Waals surface area contributed by atoms with Gasteiger partial charge in [0.15, 0.2) is 5.84 Å². The number of nitrogens with zero attached hydrogens (tertiary/aromatic N) is 3. The molecule has 0 radical (unpaired) electrons. The minimum atomic E-state index is -0.730. The molecule has 0 aromatic heterocycles. The number of oxime groups is 1. The zero-order chi connectivity index (χ0) is 13.7. The molecular weight excluding hydrogens is 236 g/mol. The van der Waals surface area contributed by atoms with Crippen molar-refractivity contribution in [2.45, 2.75) is 19.8 Å². The van der Waals surface area contributed by atoms with Crippen molar-refractivity contribution >= 4 is 17.6 Å². The molecule has 1 fully saturated rings. The van der Waals surface area contributed by atoms with E-state index in [1.807, 2.05) is 0 Å². The maximum absolute atomic E-state index is 11.9. The maximum atomic E-state index is 11.9. The quantitative estimate of drug-likeness (QED) is 0.305. The lowest BCUT2D eigenvalue weighted by Crippen LogP contribution is -2.44. The van der Waals surface area contributed by atoms with Crippen molar-refractivity contribution in [1.82, 2.24) is 9.80 Å². The van der Waals surface area contributed by atoms with Gasteiger partial charge >= 0.3 is 0 Å². The second-order valence-corrected chi connectivity index (χ2v) is 4.53. The highest BCUT2D eigenvalue weighted by atomic mass is 16.4. The Morgan fingerprint density at radius 1 is 1.44 bits per heavy atom. The molecule has 1 saturated heterocycles. The van der Waals surface area contributed by atoms with Crippen molar-refractivity contribution in [3.8, 4) is 0 Å². The highest BCUT2D eigenvalue weighted by Gasteiger charge is 2.25. The van der Waals surface area contributed by atoms with E-state index in [0.717, 1.165) is 25.9 Å². The summed E-state index contributed by atoms with van der Waals surface area (Å²) in [5, 5.41) is 11.3. The molecular formula is C11H20N4O3. The molecule has 1 unspecified atom stereocenters. The van der Waals surface area contributed by atoms with E-state index in [9.17, 15) is 9.59 Å². The van der Waals surface area contributed by atoms with Gasteiger partial charge in [0.2, 0.25) is 11.8 Å². The molecule has 7 heteroatoms. The first kappa shape index (κ1) is 14.3. The first-order chi connectivity index (χ1) is 8.47. The van der Waals surface area contributed by atoms with E-state index in [1.165, 1.54) is 18.9 Å². The molecule has 0 saturated carbocycles. The third-order valence-electron chi connectivity index (χ3n) is 3.14.